The van der Waals surface area contributed by atoms with E-state index < -0.39 is 5.97 Å². The number of aromatic hydroxyl groups is 1. The molecule has 2 rings (SSSR count). The minimum Gasteiger partial charge on any atom is -0.507 e. The van der Waals surface area contributed by atoms with E-state index >= 15 is 0 Å². The molecule has 0 amide bonds. The Labute approximate surface area is 89.6 Å². The molecule has 0 aliphatic carbocycles. The molecular weight excluding hydrogens is 214 g/mol. The first-order chi connectivity index (χ1) is 7.13. The van der Waals surface area contributed by atoms with Gasteiger partial charge in [0.15, 0.2) is 0 Å². The van der Waals surface area contributed by atoms with E-state index in [0.717, 1.165) is 16.0 Å². The predicted molar refractivity (Wildman–Crippen MR) is 58.3 cm³/mol. The maximum Gasteiger partial charge on any atom is 0.345 e. The summed E-state index contributed by atoms with van der Waals surface area (Å²) in [5.74, 6) is -0.899. The summed E-state index contributed by atoms with van der Waals surface area (Å²) in [6.45, 7) is 0.236. The molecule has 78 valence electrons. The van der Waals surface area contributed by atoms with Crippen molar-refractivity contribution < 1.29 is 15.0 Å². The van der Waals surface area contributed by atoms with E-state index in [1.807, 2.05) is 0 Å². The molecule has 1 aromatic carbocycles. The lowest BCUT2D eigenvalue weighted by atomic mass is 10.1. The topological polar surface area (TPSA) is 83.6 Å². The fraction of sp³-hybridized carbons (Fsp3) is 0.100. The van der Waals surface area contributed by atoms with Crippen LogP contribution in [-0.2, 0) is 6.54 Å². The second-order valence-electron chi connectivity index (χ2n) is 3.11. The van der Waals surface area contributed by atoms with Gasteiger partial charge in [-0.15, -0.1) is 11.3 Å². The molecular formula is C10H9NO3S. The number of aromatic carboxylic acids is 1. The number of rotatable bonds is 2. The van der Waals surface area contributed by atoms with Crippen molar-refractivity contribution in [1.82, 2.24) is 0 Å². The van der Waals surface area contributed by atoms with Crippen LogP contribution in [-0.4, -0.2) is 16.2 Å². The number of carboxylic acid groups (broad SMARTS) is 1. The third kappa shape index (κ3) is 1.55. The molecule has 0 aliphatic rings. The minimum absolute atomic E-state index is 0.0822. The Morgan fingerprint density at radius 3 is 2.80 bits per heavy atom. The number of thiophene rings is 1. The largest absolute Gasteiger partial charge is 0.507 e. The third-order valence-corrected chi connectivity index (χ3v) is 3.27. The second-order valence-corrected chi connectivity index (χ2v) is 4.19. The zero-order chi connectivity index (χ0) is 11.0. The number of phenolic OH excluding ortho intramolecular Hbond substituents is 1. The van der Waals surface area contributed by atoms with E-state index in [1.165, 1.54) is 6.07 Å². The number of carboxylic acids is 1. The maximum atomic E-state index is 10.7. The molecule has 4 nitrogen and oxygen atoms in total. The van der Waals surface area contributed by atoms with Gasteiger partial charge >= 0.3 is 5.97 Å². The van der Waals surface area contributed by atoms with Gasteiger partial charge in [-0.1, -0.05) is 6.07 Å². The molecule has 5 heteroatoms. The van der Waals surface area contributed by atoms with E-state index in [-0.39, 0.29) is 17.2 Å². The van der Waals surface area contributed by atoms with Gasteiger partial charge in [0.25, 0.3) is 0 Å². The summed E-state index contributed by atoms with van der Waals surface area (Å²) in [6, 6.07) is 4.95. The molecule has 2 aromatic rings. The molecule has 15 heavy (non-hydrogen) atoms. The van der Waals surface area contributed by atoms with Crippen LogP contribution in [0.5, 0.6) is 5.75 Å². The van der Waals surface area contributed by atoms with Gasteiger partial charge in [0.2, 0.25) is 0 Å². The Balaban J connectivity index is 2.71. The fourth-order valence-corrected chi connectivity index (χ4v) is 2.31. The van der Waals surface area contributed by atoms with E-state index in [4.69, 9.17) is 10.8 Å². The standard InChI is InChI=1S/C10H9NO3S/c11-4-5-1-2-7-6(9(5)12)3-8(15-7)10(13)14/h1-3,12H,4,11H2,(H,13,14). The highest BCUT2D eigenvalue weighted by Gasteiger charge is 2.12. The number of hydrogen-bond donors (Lipinski definition) is 3. The lowest BCUT2D eigenvalue weighted by Gasteiger charge is -2.01. The quantitative estimate of drug-likeness (QED) is 0.724. The highest BCUT2D eigenvalue weighted by molar-refractivity contribution is 7.20. The van der Waals surface area contributed by atoms with Crippen LogP contribution in [0.2, 0.25) is 0 Å². The van der Waals surface area contributed by atoms with Crippen LogP contribution in [0.25, 0.3) is 10.1 Å². The molecule has 0 saturated carbocycles. The van der Waals surface area contributed by atoms with Crippen molar-refractivity contribution in [3.05, 3.63) is 28.6 Å². The van der Waals surface area contributed by atoms with Crippen LogP contribution >= 0.6 is 11.3 Å². The summed E-state index contributed by atoms with van der Waals surface area (Å²) in [5, 5.41) is 19.1. The summed E-state index contributed by atoms with van der Waals surface area (Å²) in [6.07, 6.45) is 0. The maximum absolute atomic E-state index is 10.7. The van der Waals surface area contributed by atoms with Crippen LogP contribution in [0.1, 0.15) is 15.2 Å². The number of carbonyl (C=O) groups is 1. The van der Waals surface area contributed by atoms with Crippen molar-refractivity contribution in [2.24, 2.45) is 5.73 Å². The molecule has 0 radical (unpaired) electrons. The molecule has 0 atom stereocenters. The third-order valence-electron chi connectivity index (χ3n) is 2.19. The molecule has 0 saturated heterocycles. The van der Waals surface area contributed by atoms with Gasteiger partial charge in [0.1, 0.15) is 10.6 Å². The number of phenols is 1. The predicted octanol–water partition coefficient (Wildman–Crippen LogP) is 1.76. The highest BCUT2D eigenvalue weighted by Crippen LogP contribution is 2.34. The van der Waals surface area contributed by atoms with Gasteiger partial charge in [-0.05, 0) is 12.1 Å². The first kappa shape index (κ1) is 9.95. The van der Waals surface area contributed by atoms with Gasteiger partial charge in [-0.2, -0.15) is 0 Å². The first-order valence-electron chi connectivity index (χ1n) is 4.31. The van der Waals surface area contributed by atoms with Crippen LogP contribution in [0.4, 0.5) is 0 Å². The van der Waals surface area contributed by atoms with E-state index in [0.29, 0.717) is 10.9 Å². The molecule has 0 spiro atoms. The fourth-order valence-electron chi connectivity index (χ4n) is 1.41. The number of fused-ring (bicyclic) bond motifs is 1. The van der Waals surface area contributed by atoms with Gasteiger partial charge < -0.3 is 15.9 Å². The SMILES string of the molecule is NCc1ccc2sc(C(=O)O)cc2c1O. The highest BCUT2D eigenvalue weighted by atomic mass is 32.1. The average molecular weight is 223 g/mol. The summed E-state index contributed by atoms with van der Waals surface area (Å²) >= 11 is 1.14. The molecule has 0 bridgehead atoms. The summed E-state index contributed by atoms with van der Waals surface area (Å²) in [5.41, 5.74) is 6.06. The van der Waals surface area contributed by atoms with Crippen molar-refractivity contribution in [3.63, 3.8) is 0 Å². The lowest BCUT2D eigenvalue weighted by Crippen LogP contribution is -1.95. The Kier molecular flexibility index (Phi) is 2.34. The monoisotopic (exact) mass is 223 g/mol. The van der Waals surface area contributed by atoms with Crippen LogP contribution in [0.3, 0.4) is 0 Å². The molecule has 4 N–H and O–H groups in total. The van der Waals surface area contributed by atoms with Crippen molar-refractivity contribution in [1.29, 1.82) is 0 Å². The van der Waals surface area contributed by atoms with E-state index in [2.05, 4.69) is 0 Å². The lowest BCUT2D eigenvalue weighted by molar-refractivity contribution is 0.0702. The zero-order valence-corrected chi connectivity index (χ0v) is 8.54. The summed E-state index contributed by atoms with van der Waals surface area (Å²) in [4.78, 5) is 11.0. The summed E-state index contributed by atoms with van der Waals surface area (Å²) in [7, 11) is 0. The molecule has 0 unspecified atom stereocenters. The zero-order valence-electron chi connectivity index (χ0n) is 7.73. The van der Waals surface area contributed by atoms with Crippen molar-refractivity contribution in [2.75, 3.05) is 0 Å². The second kappa shape index (κ2) is 3.52. The van der Waals surface area contributed by atoms with Crippen LogP contribution < -0.4 is 5.73 Å². The van der Waals surface area contributed by atoms with Crippen LogP contribution in [0, 0.1) is 0 Å². The number of hydrogen-bond acceptors (Lipinski definition) is 4. The van der Waals surface area contributed by atoms with Crippen molar-refractivity contribution in [3.8, 4) is 5.75 Å². The minimum atomic E-state index is -0.982. The van der Waals surface area contributed by atoms with Gasteiger partial charge in [0, 0.05) is 22.2 Å². The Morgan fingerprint density at radius 1 is 1.47 bits per heavy atom. The first-order valence-corrected chi connectivity index (χ1v) is 5.13. The summed E-state index contributed by atoms with van der Waals surface area (Å²) < 4.78 is 0.752. The molecule has 1 aromatic heterocycles. The molecule has 1 heterocycles. The Bertz CT molecular complexity index is 533. The van der Waals surface area contributed by atoms with E-state index in [1.54, 1.807) is 12.1 Å². The van der Waals surface area contributed by atoms with Crippen molar-refractivity contribution in [2.45, 2.75) is 6.54 Å². The van der Waals surface area contributed by atoms with Gasteiger partial charge in [0.05, 0.1) is 0 Å². The van der Waals surface area contributed by atoms with E-state index in [9.17, 15) is 9.90 Å². The van der Waals surface area contributed by atoms with Gasteiger partial charge in [-0.3, -0.25) is 0 Å². The van der Waals surface area contributed by atoms with Crippen LogP contribution in [0.15, 0.2) is 18.2 Å². The normalized spacial score (nSPS) is 10.7. The smallest absolute Gasteiger partial charge is 0.345 e. The Hall–Kier alpha value is -1.59. The number of benzene rings is 1. The average Bonchev–Trinajstić information content (AvgIpc) is 2.63. The number of nitrogens with two attached hydrogens (primary N) is 1. The van der Waals surface area contributed by atoms with Gasteiger partial charge in [-0.25, -0.2) is 4.79 Å². The molecule has 0 fully saturated rings. The Morgan fingerprint density at radius 2 is 2.20 bits per heavy atom. The van der Waals surface area contributed by atoms with Crippen molar-refractivity contribution >= 4 is 27.4 Å². The molecule has 0 aliphatic heterocycles.